The van der Waals surface area contributed by atoms with Gasteiger partial charge in [-0.25, -0.2) is 9.59 Å². The largest absolute Gasteiger partial charge is 0.477 e. The molecule has 0 saturated heterocycles. The van der Waals surface area contributed by atoms with Crippen molar-refractivity contribution in [3.8, 4) is 0 Å². The molecule has 1 aromatic carbocycles. The summed E-state index contributed by atoms with van der Waals surface area (Å²) in [6, 6.07) is 6.16. The fraction of sp³-hybridized carbons (Fsp3) is 0.167. The average molecular weight is 270 g/mol. The van der Waals surface area contributed by atoms with Crippen molar-refractivity contribution in [2.75, 3.05) is 6.61 Å². The topological polar surface area (TPSA) is 89.6 Å². The molecular formula is C12H12ClNO4. The molecule has 1 aromatic rings. The van der Waals surface area contributed by atoms with Gasteiger partial charge in [0.05, 0.1) is 12.3 Å². The van der Waals surface area contributed by atoms with E-state index in [2.05, 4.69) is 4.74 Å². The van der Waals surface area contributed by atoms with E-state index < -0.39 is 17.5 Å². The van der Waals surface area contributed by atoms with Gasteiger partial charge in [0.25, 0.3) is 0 Å². The zero-order valence-corrected chi connectivity index (χ0v) is 10.4. The van der Waals surface area contributed by atoms with E-state index >= 15 is 0 Å². The molecule has 0 aliphatic heterocycles. The second-order valence-corrected chi connectivity index (χ2v) is 3.76. The van der Waals surface area contributed by atoms with Crippen molar-refractivity contribution in [2.45, 2.75) is 6.92 Å². The Hall–Kier alpha value is -2.01. The van der Waals surface area contributed by atoms with Crippen molar-refractivity contribution in [3.05, 3.63) is 40.4 Å². The molecule has 0 saturated carbocycles. The number of nitrogens with two attached hydrogens (primary N) is 1. The van der Waals surface area contributed by atoms with Gasteiger partial charge >= 0.3 is 11.9 Å². The number of rotatable bonds is 4. The maximum absolute atomic E-state index is 11.5. The minimum absolute atomic E-state index is 0.0729. The van der Waals surface area contributed by atoms with E-state index in [1.54, 1.807) is 19.1 Å². The van der Waals surface area contributed by atoms with Gasteiger partial charge in [0, 0.05) is 5.02 Å². The molecule has 18 heavy (non-hydrogen) atoms. The van der Waals surface area contributed by atoms with Gasteiger partial charge in [-0.2, -0.15) is 0 Å². The molecule has 0 aromatic heterocycles. The van der Waals surface area contributed by atoms with Gasteiger partial charge in [0.1, 0.15) is 0 Å². The van der Waals surface area contributed by atoms with E-state index in [4.69, 9.17) is 22.4 Å². The summed E-state index contributed by atoms with van der Waals surface area (Å²) in [4.78, 5) is 22.5. The van der Waals surface area contributed by atoms with Crippen molar-refractivity contribution in [3.63, 3.8) is 0 Å². The number of esters is 1. The van der Waals surface area contributed by atoms with Crippen molar-refractivity contribution in [1.29, 1.82) is 0 Å². The number of hydrogen-bond acceptors (Lipinski definition) is 4. The second kappa shape index (κ2) is 6.07. The molecule has 0 aliphatic rings. The Bertz CT molecular complexity index is 493. The number of hydrogen-bond donors (Lipinski definition) is 2. The Morgan fingerprint density at radius 3 is 2.33 bits per heavy atom. The van der Waals surface area contributed by atoms with Crippen LogP contribution < -0.4 is 5.73 Å². The normalized spacial score (nSPS) is 11.7. The lowest BCUT2D eigenvalue weighted by Gasteiger charge is -2.07. The third kappa shape index (κ3) is 3.24. The zero-order chi connectivity index (χ0) is 13.7. The summed E-state index contributed by atoms with van der Waals surface area (Å²) in [6.45, 7) is 1.65. The van der Waals surface area contributed by atoms with Gasteiger partial charge < -0.3 is 15.6 Å². The lowest BCUT2D eigenvalue weighted by atomic mass is 10.1. The van der Waals surface area contributed by atoms with Crippen LogP contribution in [0.15, 0.2) is 29.8 Å². The van der Waals surface area contributed by atoms with Crippen molar-refractivity contribution in [1.82, 2.24) is 0 Å². The smallest absolute Gasteiger partial charge is 0.347 e. The summed E-state index contributed by atoms with van der Waals surface area (Å²) in [7, 11) is 0. The van der Waals surface area contributed by atoms with E-state index in [1.165, 1.54) is 12.1 Å². The fourth-order valence-electron chi connectivity index (χ4n) is 1.29. The molecule has 96 valence electrons. The number of carboxylic acids is 1. The number of carbonyl (C=O) groups excluding carboxylic acids is 1. The molecule has 0 spiro atoms. The van der Waals surface area contributed by atoms with Crippen LogP contribution in [-0.4, -0.2) is 23.7 Å². The highest BCUT2D eigenvalue weighted by atomic mass is 35.5. The molecule has 0 unspecified atom stereocenters. The number of carboxylic acid groups (broad SMARTS) is 1. The van der Waals surface area contributed by atoms with Crippen LogP contribution in [0.3, 0.4) is 0 Å². The van der Waals surface area contributed by atoms with Gasteiger partial charge in [0.2, 0.25) is 0 Å². The minimum atomic E-state index is -1.43. The third-order valence-electron chi connectivity index (χ3n) is 2.12. The van der Waals surface area contributed by atoms with Crippen LogP contribution in [0.1, 0.15) is 12.5 Å². The van der Waals surface area contributed by atoms with E-state index in [0.717, 1.165) is 0 Å². The summed E-state index contributed by atoms with van der Waals surface area (Å²) in [5.41, 5.74) is 5.33. The number of ether oxygens (including phenoxy) is 1. The van der Waals surface area contributed by atoms with Crippen LogP contribution in [0.2, 0.25) is 5.02 Å². The number of halogens is 1. The van der Waals surface area contributed by atoms with Crippen LogP contribution in [0, 0.1) is 0 Å². The number of carbonyl (C=O) groups is 2. The zero-order valence-electron chi connectivity index (χ0n) is 9.64. The molecule has 0 radical (unpaired) electrons. The van der Waals surface area contributed by atoms with Crippen LogP contribution in [0.25, 0.3) is 5.70 Å². The van der Waals surface area contributed by atoms with Gasteiger partial charge in [-0.3, -0.25) is 0 Å². The Labute approximate surface area is 109 Å². The summed E-state index contributed by atoms with van der Waals surface area (Å²) < 4.78 is 4.65. The van der Waals surface area contributed by atoms with E-state index in [1.807, 2.05) is 0 Å². The molecule has 6 heteroatoms. The molecular weight excluding hydrogens is 258 g/mol. The van der Waals surface area contributed by atoms with E-state index in [-0.39, 0.29) is 12.3 Å². The highest BCUT2D eigenvalue weighted by Gasteiger charge is 2.23. The Balaban J connectivity index is 3.23. The van der Waals surface area contributed by atoms with Crippen molar-refractivity contribution < 1.29 is 19.4 Å². The summed E-state index contributed by atoms with van der Waals surface area (Å²) >= 11 is 5.71. The molecule has 1 rings (SSSR count). The fourth-order valence-corrected chi connectivity index (χ4v) is 1.42. The highest BCUT2D eigenvalue weighted by Crippen LogP contribution is 2.18. The van der Waals surface area contributed by atoms with Gasteiger partial charge in [-0.05, 0) is 24.6 Å². The summed E-state index contributed by atoms with van der Waals surface area (Å²) in [5, 5.41) is 9.48. The molecule has 0 aliphatic carbocycles. The van der Waals surface area contributed by atoms with Gasteiger partial charge in [-0.1, -0.05) is 23.7 Å². The van der Waals surface area contributed by atoms with Crippen LogP contribution in [0.5, 0.6) is 0 Å². The first-order valence-corrected chi connectivity index (χ1v) is 5.51. The average Bonchev–Trinajstić information content (AvgIpc) is 2.29. The second-order valence-electron chi connectivity index (χ2n) is 3.32. The molecule has 0 heterocycles. The first-order chi connectivity index (χ1) is 8.47. The third-order valence-corrected chi connectivity index (χ3v) is 2.37. The molecule has 0 atom stereocenters. The maximum Gasteiger partial charge on any atom is 0.347 e. The van der Waals surface area contributed by atoms with E-state index in [9.17, 15) is 9.59 Å². The maximum atomic E-state index is 11.5. The van der Waals surface area contributed by atoms with Crippen LogP contribution in [-0.2, 0) is 14.3 Å². The lowest BCUT2D eigenvalue weighted by Crippen LogP contribution is -2.20. The summed E-state index contributed by atoms with van der Waals surface area (Å²) in [6.07, 6.45) is 0. The van der Waals surface area contributed by atoms with E-state index in [0.29, 0.717) is 10.6 Å². The standard InChI is InChI=1S/C12H12ClNO4/c1-2-18-12(17)9(11(15)16)10(14)7-3-5-8(13)6-4-7/h3-6H,2,14H2,1H3,(H,15,16). The molecule has 3 N–H and O–H groups in total. The molecule has 0 fully saturated rings. The van der Waals surface area contributed by atoms with Crippen LogP contribution in [0.4, 0.5) is 0 Å². The predicted octanol–water partition coefficient (Wildman–Crippen LogP) is 1.66. The number of aliphatic carboxylic acids is 1. The van der Waals surface area contributed by atoms with Gasteiger partial charge in [-0.15, -0.1) is 0 Å². The Morgan fingerprint density at radius 2 is 1.89 bits per heavy atom. The number of benzene rings is 1. The quantitative estimate of drug-likeness (QED) is 0.375. The lowest BCUT2D eigenvalue weighted by molar-refractivity contribution is -0.143. The molecule has 5 nitrogen and oxygen atoms in total. The van der Waals surface area contributed by atoms with Crippen molar-refractivity contribution in [2.24, 2.45) is 5.73 Å². The monoisotopic (exact) mass is 269 g/mol. The first-order valence-electron chi connectivity index (χ1n) is 5.13. The highest BCUT2D eigenvalue weighted by molar-refractivity contribution is 6.30. The Kier molecular flexibility index (Phi) is 4.74. The van der Waals surface area contributed by atoms with Crippen molar-refractivity contribution >= 4 is 29.2 Å². The SMILES string of the molecule is CCOC(=O)C(C(=O)O)=C(N)c1ccc(Cl)cc1. The Morgan fingerprint density at radius 1 is 1.33 bits per heavy atom. The minimum Gasteiger partial charge on any atom is -0.477 e. The molecule has 0 bridgehead atoms. The van der Waals surface area contributed by atoms with Crippen LogP contribution >= 0.6 is 11.6 Å². The van der Waals surface area contributed by atoms with Gasteiger partial charge in [0.15, 0.2) is 5.57 Å². The predicted molar refractivity (Wildman–Crippen MR) is 66.8 cm³/mol. The first kappa shape index (κ1) is 14.1. The molecule has 0 amide bonds. The summed E-state index contributed by atoms with van der Waals surface area (Å²) in [5.74, 6) is -2.39.